The van der Waals surface area contributed by atoms with Crippen LogP contribution in [0.5, 0.6) is 0 Å². The Bertz CT molecular complexity index is 408. The Morgan fingerprint density at radius 2 is 2.29 bits per heavy atom. The molecule has 0 saturated carbocycles. The fourth-order valence-corrected chi connectivity index (χ4v) is 1.37. The molecule has 17 heavy (non-hydrogen) atoms. The van der Waals surface area contributed by atoms with Gasteiger partial charge in [0.15, 0.2) is 0 Å². The lowest BCUT2D eigenvalue weighted by atomic mass is 10.2. The van der Waals surface area contributed by atoms with Crippen LogP contribution in [0.1, 0.15) is 26.5 Å². The summed E-state index contributed by atoms with van der Waals surface area (Å²) in [5.74, 6) is 0.896. The van der Waals surface area contributed by atoms with Crippen LogP contribution in [0.15, 0.2) is 22.1 Å². The molecule has 0 radical (unpaired) electrons. The predicted molar refractivity (Wildman–Crippen MR) is 66.7 cm³/mol. The zero-order chi connectivity index (χ0) is 12.8. The third kappa shape index (κ3) is 4.82. The zero-order valence-corrected chi connectivity index (χ0v) is 10.4. The average Bonchev–Trinajstić information content (AvgIpc) is 2.65. The fourth-order valence-electron chi connectivity index (χ4n) is 1.37. The van der Waals surface area contributed by atoms with Gasteiger partial charge in [0.1, 0.15) is 10.7 Å². The molecule has 1 heterocycles. The van der Waals surface area contributed by atoms with Gasteiger partial charge in [-0.2, -0.15) is 0 Å². The molecule has 1 N–H and O–H groups in total. The summed E-state index contributed by atoms with van der Waals surface area (Å²) in [5.41, 5.74) is 1.08. The van der Waals surface area contributed by atoms with Gasteiger partial charge in [-0.3, -0.25) is 10.1 Å². The van der Waals surface area contributed by atoms with Crippen molar-refractivity contribution < 1.29 is 9.34 Å². The van der Waals surface area contributed by atoms with Gasteiger partial charge >= 0.3 is 5.88 Å². The number of rotatable bonds is 6. The maximum atomic E-state index is 10.4. The quantitative estimate of drug-likeness (QED) is 0.611. The van der Waals surface area contributed by atoms with E-state index in [-0.39, 0.29) is 5.88 Å². The molecule has 0 atom stereocenters. The predicted octanol–water partition coefficient (Wildman–Crippen LogP) is 2.84. The molecule has 0 fully saturated rings. The molecule has 1 aromatic heterocycles. The zero-order valence-electron chi connectivity index (χ0n) is 10.4. The molecule has 0 spiro atoms. The summed E-state index contributed by atoms with van der Waals surface area (Å²) in [6.45, 7) is 7.95. The summed E-state index contributed by atoms with van der Waals surface area (Å²) in [5, 5.41) is 13.7. The molecule has 1 rings (SSSR count). The molecule has 0 amide bonds. The minimum atomic E-state index is -0.538. The lowest BCUT2D eigenvalue weighted by Gasteiger charge is -2.06. The molecule has 0 aliphatic rings. The van der Waals surface area contributed by atoms with Crippen molar-refractivity contribution in [3.8, 4) is 0 Å². The number of hydrogen-bond donors (Lipinski definition) is 1. The summed E-state index contributed by atoms with van der Waals surface area (Å²) in [7, 11) is 0. The SMILES string of the molecule is CC(=Cc1ccc([N+](=O)[O-])o1)CNCC(C)C. The first-order valence-electron chi connectivity index (χ1n) is 5.61. The van der Waals surface area contributed by atoms with E-state index in [4.69, 9.17) is 4.42 Å². The number of furan rings is 1. The van der Waals surface area contributed by atoms with E-state index < -0.39 is 4.92 Å². The Morgan fingerprint density at radius 1 is 1.59 bits per heavy atom. The topological polar surface area (TPSA) is 68.3 Å². The first-order chi connectivity index (χ1) is 7.99. The van der Waals surface area contributed by atoms with E-state index in [0.717, 1.165) is 18.7 Å². The maximum absolute atomic E-state index is 10.4. The van der Waals surface area contributed by atoms with Crippen LogP contribution in [-0.4, -0.2) is 18.0 Å². The van der Waals surface area contributed by atoms with Crippen LogP contribution in [0.4, 0.5) is 5.88 Å². The van der Waals surface area contributed by atoms with Crippen molar-refractivity contribution in [2.75, 3.05) is 13.1 Å². The van der Waals surface area contributed by atoms with Crippen LogP contribution in [0, 0.1) is 16.0 Å². The van der Waals surface area contributed by atoms with Crippen molar-refractivity contribution in [2.45, 2.75) is 20.8 Å². The van der Waals surface area contributed by atoms with Crippen molar-refractivity contribution >= 4 is 12.0 Å². The largest absolute Gasteiger partial charge is 0.433 e. The van der Waals surface area contributed by atoms with Gasteiger partial charge in [-0.15, -0.1) is 0 Å². The van der Waals surface area contributed by atoms with E-state index >= 15 is 0 Å². The van der Waals surface area contributed by atoms with Gasteiger partial charge < -0.3 is 9.73 Å². The third-order valence-electron chi connectivity index (χ3n) is 2.14. The number of nitro groups is 1. The molecule has 0 bridgehead atoms. The van der Waals surface area contributed by atoms with E-state index in [0.29, 0.717) is 11.7 Å². The van der Waals surface area contributed by atoms with Gasteiger partial charge in [-0.1, -0.05) is 19.4 Å². The lowest BCUT2D eigenvalue weighted by Crippen LogP contribution is -2.21. The standard InChI is InChI=1S/C12H18N2O3/c1-9(2)7-13-8-10(3)6-11-4-5-12(17-11)14(15)16/h4-6,9,13H,7-8H2,1-3H3. The van der Waals surface area contributed by atoms with E-state index in [1.165, 1.54) is 6.07 Å². The highest BCUT2D eigenvalue weighted by Crippen LogP contribution is 2.17. The minimum Gasteiger partial charge on any atom is -0.401 e. The van der Waals surface area contributed by atoms with Crippen molar-refractivity contribution in [3.05, 3.63) is 33.6 Å². The Balaban J connectivity index is 2.52. The van der Waals surface area contributed by atoms with E-state index in [1.54, 1.807) is 12.1 Å². The normalized spacial score (nSPS) is 12.1. The molecule has 0 aliphatic heterocycles. The van der Waals surface area contributed by atoms with Crippen LogP contribution < -0.4 is 5.32 Å². The molecule has 1 aromatic rings. The smallest absolute Gasteiger partial charge is 0.401 e. The molecule has 94 valence electrons. The van der Waals surface area contributed by atoms with Gasteiger partial charge in [0, 0.05) is 6.54 Å². The molecule has 0 unspecified atom stereocenters. The second kappa shape index (κ2) is 6.20. The summed E-state index contributed by atoms with van der Waals surface area (Å²) in [6, 6.07) is 2.96. The third-order valence-corrected chi connectivity index (χ3v) is 2.14. The van der Waals surface area contributed by atoms with Gasteiger partial charge in [0.2, 0.25) is 0 Å². The molecule has 0 saturated heterocycles. The monoisotopic (exact) mass is 238 g/mol. The Labute approximate surface area is 101 Å². The second-order valence-corrected chi connectivity index (χ2v) is 4.45. The molecule has 5 heteroatoms. The number of nitrogens with zero attached hydrogens (tertiary/aromatic N) is 1. The number of nitrogens with one attached hydrogen (secondary N) is 1. The molecular formula is C12H18N2O3. The first kappa shape index (κ1) is 13.4. The van der Waals surface area contributed by atoms with Crippen molar-refractivity contribution in [1.82, 2.24) is 5.32 Å². The molecule has 0 aromatic carbocycles. The summed E-state index contributed by atoms with van der Waals surface area (Å²) >= 11 is 0. The van der Waals surface area contributed by atoms with Crippen LogP contribution in [0.25, 0.3) is 6.08 Å². The highest BCUT2D eigenvalue weighted by Gasteiger charge is 2.10. The van der Waals surface area contributed by atoms with Crippen LogP contribution >= 0.6 is 0 Å². The highest BCUT2D eigenvalue weighted by molar-refractivity contribution is 5.48. The van der Waals surface area contributed by atoms with Gasteiger partial charge in [0.05, 0.1) is 6.07 Å². The Morgan fingerprint density at radius 3 is 2.82 bits per heavy atom. The highest BCUT2D eigenvalue weighted by atomic mass is 16.6. The molecule has 0 aliphatic carbocycles. The average molecular weight is 238 g/mol. The lowest BCUT2D eigenvalue weighted by molar-refractivity contribution is -0.402. The van der Waals surface area contributed by atoms with Crippen LogP contribution in [-0.2, 0) is 0 Å². The first-order valence-corrected chi connectivity index (χ1v) is 5.61. The Kier molecular flexibility index (Phi) is 4.90. The van der Waals surface area contributed by atoms with E-state index in [2.05, 4.69) is 19.2 Å². The Hall–Kier alpha value is -1.62. The fraction of sp³-hybridized carbons (Fsp3) is 0.500. The summed E-state index contributed by atoms with van der Waals surface area (Å²) in [4.78, 5) is 9.89. The molecule has 5 nitrogen and oxygen atoms in total. The van der Waals surface area contributed by atoms with E-state index in [9.17, 15) is 10.1 Å². The maximum Gasteiger partial charge on any atom is 0.433 e. The summed E-state index contributed by atoms with van der Waals surface area (Å²) in [6.07, 6.45) is 1.81. The van der Waals surface area contributed by atoms with Gasteiger partial charge in [-0.25, -0.2) is 0 Å². The number of hydrogen-bond acceptors (Lipinski definition) is 4. The van der Waals surface area contributed by atoms with Crippen LogP contribution in [0.2, 0.25) is 0 Å². The second-order valence-electron chi connectivity index (χ2n) is 4.45. The van der Waals surface area contributed by atoms with Crippen LogP contribution in [0.3, 0.4) is 0 Å². The van der Waals surface area contributed by atoms with Gasteiger partial charge in [-0.05, 0) is 31.5 Å². The van der Waals surface area contributed by atoms with Crippen molar-refractivity contribution in [1.29, 1.82) is 0 Å². The van der Waals surface area contributed by atoms with Crippen molar-refractivity contribution in [2.24, 2.45) is 5.92 Å². The minimum absolute atomic E-state index is 0.223. The summed E-state index contributed by atoms with van der Waals surface area (Å²) < 4.78 is 5.04. The molecular weight excluding hydrogens is 220 g/mol. The van der Waals surface area contributed by atoms with Gasteiger partial charge in [0.25, 0.3) is 0 Å². The van der Waals surface area contributed by atoms with E-state index in [1.807, 2.05) is 6.92 Å². The van der Waals surface area contributed by atoms with Crippen molar-refractivity contribution in [3.63, 3.8) is 0 Å².